The highest BCUT2D eigenvalue weighted by atomic mass is 16.2. The van der Waals surface area contributed by atoms with Gasteiger partial charge in [-0.05, 0) is 30.3 Å². The van der Waals surface area contributed by atoms with Gasteiger partial charge in [-0.1, -0.05) is 6.07 Å². The zero-order chi connectivity index (χ0) is 14.7. The van der Waals surface area contributed by atoms with Crippen LogP contribution in [0.4, 0.5) is 5.69 Å². The van der Waals surface area contributed by atoms with Gasteiger partial charge in [-0.3, -0.25) is 14.9 Å². The third-order valence-electron chi connectivity index (χ3n) is 3.35. The lowest BCUT2D eigenvalue weighted by Crippen LogP contribution is -2.56. The summed E-state index contributed by atoms with van der Waals surface area (Å²) in [5.74, 6) is -0.242. The van der Waals surface area contributed by atoms with Gasteiger partial charge in [0, 0.05) is 30.3 Å². The fraction of sp³-hybridized carbons (Fsp3) is 0.200. The summed E-state index contributed by atoms with van der Waals surface area (Å²) in [4.78, 5) is 23.2. The number of nitrogens with one attached hydrogen (secondary N) is 3. The summed E-state index contributed by atoms with van der Waals surface area (Å²) in [5, 5.41) is 8.43. The molecule has 0 spiro atoms. The number of benzene rings is 1. The number of hydrogen-bond acceptors (Lipinski definition) is 3. The van der Waals surface area contributed by atoms with Gasteiger partial charge in [0.1, 0.15) is 6.04 Å². The van der Waals surface area contributed by atoms with Crippen molar-refractivity contribution in [1.29, 1.82) is 0 Å². The summed E-state index contributed by atoms with van der Waals surface area (Å²) in [6, 6.07) is 11.1. The molecule has 6 heteroatoms. The minimum absolute atomic E-state index is 0.0892. The van der Waals surface area contributed by atoms with E-state index in [4.69, 9.17) is 0 Å². The molecule has 1 aromatic carbocycles. The van der Waals surface area contributed by atoms with Crippen molar-refractivity contribution < 1.29 is 9.59 Å². The second kappa shape index (κ2) is 5.80. The largest absolute Gasteiger partial charge is 0.353 e. The van der Waals surface area contributed by atoms with E-state index in [0.29, 0.717) is 6.54 Å². The molecular weight excluding hydrogens is 268 g/mol. The van der Waals surface area contributed by atoms with Crippen LogP contribution in [0.3, 0.4) is 0 Å². The van der Waals surface area contributed by atoms with Gasteiger partial charge in [0.05, 0.1) is 6.54 Å². The molecule has 3 N–H and O–H groups in total. The van der Waals surface area contributed by atoms with E-state index in [-0.39, 0.29) is 18.4 Å². The normalized spacial score (nSPS) is 18.1. The highest BCUT2D eigenvalue weighted by Gasteiger charge is 2.23. The van der Waals surface area contributed by atoms with Gasteiger partial charge in [0.25, 0.3) is 0 Å². The van der Waals surface area contributed by atoms with Crippen molar-refractivity contribution in [3.05, 3.63) is 48.8 Å². The van der Waals surface area contributed by atoms with Crippen molar-refractivity contribution in [1.82, 2.24) is 15.2 Å². The Morgan fingerprint density at radius 2 is 2.05 bits per heavy atom. The molecule has 1 aliphatic rings. The Morgan fingerprint density at radius 3 is 2.76 bits per heavy atom. The molecule has 108 valence electrons. The van der Waals surface area contributed by atoms with Gasteiger partial charge in [-0.2, -0.15) is 0 Å². The SMILES string of the molecule is O=C1CNC(C(=O)Nc2cccc(-n3cccc3)c2)CN1. The first-order valence-electron chi connectivity index (χ1n) is 6.77. The summed E-state index contributed by atoms with van der Waals surface area (Å²) in [7, 11) is 0. The third kappa shape index (κ3) is 3.11. The van der Waals surface area contributed by atoms with Crippen molar-refractivity contribution in [2.24, 2.45) is 0 Å². The van der Waals surface area contributed by atoms with E-state index in [1.165, 1.54) is 0 Å². The highest BCUT2D eigenvalue weighted by molar-refractivity contribution is 5.96. The van der Waals surface area contributed by atoms with Crippen LogP contribution in [0.25, 0.3) is 5.69 Å². The highest BCUT2D eigenvalue weighted by Crippen LogP contribution is 2.15. The first kappa shape index (κ1) is 13.4. The second-order valence-corrected chi connectivity index (χ2v) is 4.87. The number of hydrogen-bond donors (Lipinski definition) is 3. The molecule has 0 radical (unpaired) electrons. The summed E-state index contributed by atoms with van der Waals surface area (Å²) >= 11 is 0. The Labute approximate surface area is 122 Å². The van der Waals surface area contributed by atoms with Crippen molar-refractivity contribution >= 4 is 17.5 Å². The predicted molar refractivity (Wildman–Crippen MR) is 79.2 cm³/mol. The van der Waals surface area contributed by atoms with Crippen LogP contribution in [0.1, 0.15) is 0 Å². The maximum atomic E-state index is 12.1. The van der Waals surface area contributed by atoms with E-state index >= 15 is 0 Å². The number of carbonyl (C=O) groups excluding carboxylic acids is 2. The Bertz CT molecular complexity index is 641. The number of amides is 2. The zero-order valence-electron chi connectivity index (χ0n) is 11.4. The summed E-state index contributed by atoms with van der Waals surface area (Å²) in [5.41, 5.74) is 1.70. The minimum atomic E-state index is -0.405. The van der Waals surface area contributed by atoms with E-state index in [1.54, 1.807) is 0 Å². The maximum Gasteiger partial charge on any atom is 0.243 e. The molecule has 0 aliphatic carbocycles. The number of carbonyl (C=O) groups is 2. The molecule has 1 aromatic heterocycles. The molecular formula is C15H16N4O2. The van der Waals surface area contributed by atoms with Gasteiger partial charge in [-0.15, -0.1) is 0 Å². The van der Waals surface area contributed by atoms with Gasteiger partial charge in [0.15, 0.2) is 0 Å². The Balaban J connectivity index is 1.69. The van der Waals surface area contributed by atoms with E-state index in [2.05, 4.69) is 16.0 Å². The topological polar surface area (TPSA) is 75.2 Å². The van der Waals surface area contributed by atoms with Crippen molar-refractivity contribution in [3.63, 3.8) is 0 Å². The quantitative estimate of drug-likeness (QED) is 0.768. The minimum Gasteiger partial charge on any atom is -0.353 e. The van der Waals surface area contributed by atoms with Gasteiger partial charge in [0.2, 0.25) is 11.8 Å². The number of rotatable bonds is 3. The lowest BCUT2D eigenvalue weighted by Gasteiger charge is -2.23. The van der Waals surface area contributed by atoms with Crippen LogP contribution in [-0.2, 0) is 9.59 Å². The van der Waals surface area contributed by atoms with Gasteiger partial charge >= 0.3 is 0 Å². The average Bonchev–Trinajstić information content (AvgIpc) is 3.02. The zero-order valence-corrected chi connectivity index (χ0v) is 11.4. The molecule has 2 amide bonds. The second-order valence-electron chi connectivity index (χ2n) is 4.87. The number of piperazine rings is 1. The fourth-order valence-electron chi connectivity index (χ4n) is 2.23. The van der Waals surface area contributed by atoms with Gasteiger partial charge in [-0.25, -0.2) is 0 Å². The molecule has 3 rings (SSSR count). The summed E-state index contributed by atoms with van der Waals surface area (Å²) in [6.07, 6.45) is 3.89. The van der Waals surface area contributed by atoms with Gasteiger partial charge < -0.3 is 15.2 Å². The molecule has 1 unspecified atom stereocenters. The number of nitrogens with zero attached hydrogens (tertiary/aromatic N) is 1. The van der Waals surface area contributed by atoms with E-state index in [9.17, 15) is 9.59 Å². The molecule has 21 heavy (non-hydrogen) atoms. The summed E-state index contributed by atoms with van der Waals surface area (Å²) in [6.45, 7) is 0.476. The first-order valence-corrected chi connectivity index (χ1v) is 6.77. The first-order chi connectivity index (χ1) is 10.2. The van der Waals surface area contributed by atoms with Crippen LogP contribution in [0, 0.1) is 0 Å². The van der Waals surface area contributed by atoms with Crippen LogP contribution >= 0.6 is 0 Å². The van der Waals surface area contributed by atoms with E-state index in [1.807, 2.05) is 53.4 Å². The lowest BCUT2D eigenvalue weighted by molar-refractivity contribution is -0.124. The molecule has 0 bridgehead atoms. The molecule has 2 aromatic rings. The average molecular weight is 284 g/mol. The van der Waals surface area contributed by atoms with Crippen LogP contribution in [0.5, 0.6) is 0 Å². The smallest absolute Gasteiger partial charge is 0.243 e. The molecule has 6 nitrogen and oxygen atoms in total. The van der Waals surface area contributed by atoms with Crippen LogP contribution in [0.2, 0.25) is 0 Å². The number of aromatic nitrogens is 1. The van der Waals surface area contributed by atoms with E-state index < -0.39 is 6.04 Å². The van der Waals surface area contributed by atoms with Crippen LogP contribution < -0.4 is 16.0 Å². The lowest BCUT2D eigenvalue weighted by atomic mass is 10.2. The monoisotopic (exact) mass is 284 g/mol. The predicted octanol–water partition coefficient (Wildman–Crippen LogP) is 0.504. The molecule has 1 aliphatic heterocycles. The number of anilines is 1. The molecule has 2 heterocycles. The fourth-order valence-corrected chi connectivity index (χ4v) is 2.23. The Kier molecular flexibility index (Phi) is 3.70. The Morgan fingerprint density at radius 1 is 1.24 bits per heavy atom. The van der Waals surface area contributed by atoms with Crippen LogP contribution in [-0.4, -0.2) is 35.5 Å². The van der Waals surface area contributed by atoms with Crippen molar-refractivity contribution in [3.8, 4) is 5.69 Å². The van der Waals surface area contributed by atoms with Crippen molar-refractivity contribution in [2.45, 2.75) is 6.04 Å². The molecule has 1 fully saturated rings. The molecule has 1 atom stereocenters. The molecule has 1 saturated heterocycles. The third-order valence-corrected chi connectivity index (χ3v) is 3.35. The van der Waals surface area contributed by atoms with Crippen LogP contribution in [0.15, 0.2) is 48.8 Å². The Hall–Kier alpha value is -2.60. The van der Waals surface area contributed by atoms with E-state index in [0.717, 1.165) is 11.4 Å². The molecule has 0 saturated carbocycles. The maximum absolute atomic E-state index is 12.1. The summed E-state index contributed by atoms with van der Waals surface area (Å²) < 4.78 is 1.97. The van der Waals surface area contributed by atoms with Crippen molar-refractivity contribution in [2.75, 3.05) is 18.4 Å². The standard InChI is InChI=1S/C15H16N4O2/c20-14-10-16-13(9-17-14)15(21)18-11-4-3-5-12(8-11)19-6-1-2-7-19/h1-8,13,16H,9-10H2,(H,17,20)(H,18,21).